The molecule has 22 heavy (non-hydrogen) atoms. The first-order chi connectivity index (χ1) is 10.2. The van der Waals surface area contributed by atoms with E-state index in [4.69, 9.17) is 4.74 Å². The van der Waals surface area contributed by atoms with Gasteiger partial charge in [0.15, 0.2) is 6.61 Å². The Kier molecular flexibility index (Phi) is 6.55. The van der Waals surface area contributed by atoms with Gasteiger partial charge < -0.3 is 15.4 Å². The smallest absolute Gasteiger partial charge is 0.341 e. The highest BCUT2D eigenvalue weighted by Crippen LogP contribution is 2.32. The number of esters is 1. The van der Waals surface area contributed by atoms with Gasteiger partial charge >= 0.3 is 5.97 Å². The number of carbonyl (C=O) groups is 3. The summed E-state index contributed by atoms with van der Waals surface area (Å²) in [7, 11) is 0. The van der Waals surface area contributed by atoms with Crippen molar-refractivity contribution in [2.45, 2.75) is 34.6 Å². The van der Waals surface area contributed by atoms with Crippen molar-refractivity contribution in [2.75, 3.05) is 18.5 Å². The summed E-state index contributed by atoms with van der Waals surface area (Å²) in [5.74, 6) is -0.879. The predicted octanol–water partition coefficient (Wildman–Crippen LogP) is 2.25. The number of hydrogen-bond donors (Lipinski definition) is 2. The summed E-state index contributed by atoms with van der Waals surface area (Å²) >= 11 is 1.31. The van der Waals surface area contributed by atoms with Crippen LogP contribution >= 0.6 is 11.3 Å². The minimum absolute atomic E-state index is 0.259. The molecule has 0 saturated carbocycles. The maximum Gasteiger partial charge on any atom is 0.341 e. The molecule has 1 aromatic rings. The van der Waals surface area contributed by atoms with E-state index >= 15 is 0 Å². The van der Waals surface area contributed by atoms with Gasteiger partial charge in [0.2, 0.25) is 5.91 Å². The highest BCUT2D eigenvalue weighted by Gasteiger charge is 2.22. The second-order valence-electron chi connectivity index (χ2n) is 5.44. The van der Waals surface area contributed by atoms with Crippen LogP contribution in [0.4, 0.5) is 5.00 Å². The molecule has 1 heterocycles. The third-order valence-corrected chi connectivity index (χ3v) is 4.04. The number of ether oxygens (including phenoxy) is 1. The quantitative estimate of drug-likeness (QED) is 0.785. The topological polar surface area (TPSA) is 84.5 Å². The summed E-state index contributed by atoms with van der Waals surface area (Å²) in [4.78, 5) is 35.9. The number of anilines is 1. The summed E-state index contributed by atoms with van der Waals surface area (Å²) in [6.07, 6.45) is 0. The van der Waals surface area contributed by atoms with Gasteiger partial charge in [-0.15, -0.1) is 11.3 Å². The molecule has 0 aliphatic rings. The maximum absolute atomic E-state index is 12.2. The van der Waals surface area contributed by atoms with Crippen molar-refractivity contribution in [2.24, 2.45) is 5.92 Å². The highest BCUT2D eigenvalue weighted by atomic mass is 32.1. The van der Waals surface area contributed by atoms with Crippen LogP contribution in [0.15, 0.2) is 0 Å². The number of nitrogens with one attached hydrogen (secondary N) is 2. The van der Waals surface area contributed by atoms with Crippen LogP contribution in [0, 0.1) is 19.8 Å². The maximum atomic E-state index is 12.2. The first-order valence-electron chi connectivity index (χ1n) is 7.03. The average molecular weight is 326 g/mol. The molecule has 1 rings (SSSR count). The Bertz CT molecular complexity index is 578. The lowest BCUT2D eigenvalue weighted by molar-refractivity contribution is -0.124. The van der Waals surface area contributed by atoms with Crippen molar-refractivity contribution in [3.8, 4) is 0 Å². The fourth-order valence-corrected chi connectivity index (χ4v) is 2.79. The molecule has 0 spiro atoms. The van der Waals surface area contributed by atoms with E-state index in [-0.39, 0.29) is 18.4 Å². The van der Waals surface area contributed by atoms with Gasteiger partial charge in [-0.05, 0) is 25.3 Å². The summed E-state index contributed by atoms with van der Waals surface area (Å²) in [5, 5.41) is 5.75. The Hall–Kier alpha value is -1.89. The Balaban J connectivity index is 2.73. The van der Waals surface area contributed by atoms with Crippen LogP contribution in [0.5, 0.6) is 0 Å². The molecule has 2 amide bonds. The normalized spacial score (nSPS) is 10.5. The van der Waals surface area contributed by atoms with E-state index in [2.05, 4.69) is 10.6 Å². The zero-order chi connectivity index (χ0) is 16.9. The molecule has 0 saturated heterocycles. The minimum atomic E-state index is -0.606. The lowest BCUT2D eigenvalue weighted by Gasteiger charge is -2.09. The highest BCUT2D eigenvalue weighted by molar-refractivity contribution is 7.16. The van der Waals surface area contributed by atoms with Gasteiger partial charge in [-0.1, -0.05) is 13.8 Å². The molecular formula is C15H22N2O4S. The van der Waals surface area contributed by atoms with Crippen molar-refractivity contribution in [1.82, 2.24) is 5.32 Å². The second kappa shape index (κ2) is 7.93. The number of rotatable bonds is 6. The molecule has 2 N–H and O–H groups in total. The molecule has 0 aliphatic heterocycles. The van der Waals surface area contributed by atoms with E-state index in [9.17, 15) is 14.4 Å². The van der Waals surface area contributed by atoms with Gasteiger partial charge in [0, 0.05) is 18.3 Å². The van der Waals surface area contributed by atoms with Crippen LogP contribution < -0.4 is 10.6 Å². The van der Waals surface area contributed by atoms with Crippen molar-refractivity contribution < 1.29 is 19.1 Å². The zero-order valence-electron chi connectivity index (χ0n) is 13.5. The molecule has 0 unspecified atom stereocenters. The SMILES string of the molecule is CC(=O)Nc1sc(C)c(C)c1C(=O)OCC(=O)NCC(C)C. The average Bonchev–Trinajstić information content (AvgIpc) is 2.68. The molecule has 1 aromatic heterocycles. The van der Waals surface area contributed by atoms with Crippen LogP contribution in [-0.2, 0) is 14.3 Å². The molecule has 0 aliphatic carbocycles. The Labute approximate surface area is 134 Å². The summed E-state index contributed by atoms with van der Waals surface area (Å²) in [6.45, 7) is 9.17. The monoisotopic (exact) mass is 326 g/mol. The molecule has 0 atom stereocenters. The predicted molar refractivity (Wildman–Crippen MR) is 86.2 cm³/mol. The fraction of sp³-hybridized carbons (Fsp3) is 0.533. The van der Waals surface area contributed by atoms with Gasteiger partial charge in [-0.2, -0.15) is 0 Å². The largest absolute Gasteiger partial charge is 0.452 e. The number of thiophene rings is 1. The first-order valence-corrected chi connectivity index (χ1v) is 7.85. The van der Waals surface area contributed by atoms with Crippen LogP contribution in [-0.4, -0.2) is 30.9 Å². The number of carbonyl (C=O) groups excluding carboxylic acids is 3. The Morgan fingerprint density at radius 2 is 1.86 bits per heavy atom. The van der Waals surface area contributed by atoms with Gasteiger partial charge in [0.1, 0.15) is 5.00 Å². The number of amides is 2. The van der Waals surface area contributed by atoms with Crippen LogP contribution in [0.2, 0.25) is 0 Å². The molecule has 0 aromatic carbocycles. The van der Waals surface area contributed by atoms with Crippen molar-refractivity contribution in [3.05, 3.63) is 16.0 Å². The lowest BCUT2D eigenvalue weighted by Crippen LogP contribution is -2.31. The minimum Gasteiger partial charge on any atom is -0.452 e. The standard InChI is InChI=1S/C15H22N2O4S/c1-8(2)6-16-12(19)7-21-15(20)13-9(3)10(4)22-14(13)17-11(5)18/h8H,6-7H2,1-5H3,(H,16,19)(H,17,18). The molecule has 122 valence electrons. The molecule has 0 bridgehead atoms. The molecule has 0 fully saturated rings. The fourth-order valence-electron chi connectivity index (χ4n) is 1.69. The molecule has 0 radical (unpaired) electrons. The zero-order valence-corrected chi connectivity index (χ0v) is 14.3. The van der Waals surface area contributed by atoms with Crippen molar-refractivity contribution in [3.63, 3.8) is 0 Å². The van der Waals surface area contributed by atoms with Crippen molar-refractivity contribution >= 4 is 34.1 Å². The van der Waals surface area contributed by atoms with E-state index < -0.39 is 5.97 Å². The van der Waals surface area contributed by atoms with Gasteiger partial charge in [0.25, 0.3) is 5.91 Å². The van der Waals surface area contributed by atoms with Gasteiger partial charge in [-0.25, -0.2) is 4.79 Å². The van der Waals surface area contributed by atoms with E-state index in [1.807, 2.05) is 20.8 Å². The summed E-state index contributed by atoms with van der Waals surface area (Å²) in [6, 6.07) is 0. The van der Waals surface area contributed by atoms with Crippen LogP contribution in [0.1, 0.15) is 41.6 Å². The summed E-state index contributed by atoms with van der Waals surface area (Å²) in [5.41, 5.74) is 1.07. The molecular weight excluding hydrogens is 304 g/mol. The number of aryl methyl sites for hydroxylation is 1. The third-order valence-electron chi connectivity index (χ3n) is 2.92. The van der Waals surface area contributed by atoms with Crippen LogP contribution in [0.3, 0.4) is 0 Å². The molecule has 6 nitrogen and oxygen atoms in total. The first kappa shape index (κ1) is 18.2. The van der Waals surface area contributed by atoms with Gasteiger partial charge in [0.05, 0.1) is 5.56 Å². The van der Waals surface area contributed by atoms with E-state index in [0.717, 1.165) is 10.4 Å². The Morgan fingerprint density at radius 1 is 1.23 bits per heavy atom. The lowest BCUT2D eigenvalue weighted by atomic mass is 10.1. The molecule has 7 heteroatoms. The van der Waals surface area contributed by atoms with E-state index in [1.54, 1.807) is 6.92 Å². The number of hydrogen-bond acceptors (Lipinski definition) is 5. The van der Waals surface area contributed by atoms with Crippen molar-refractivity contribution in [1.29, 1.82) is 0 Å². The van der Waals surface area contributed by atoms with E-state index in [1.165, 1.54) is 18.3 Å². The second-order valence-corrected chi connectivity index (χ2v) is 6.67. The third kappa shape index (κ3) is 5.14. The summed E-state index contributed by atoms with van der Waals surface area (Å²) < 4.78 is 5.04. The Morgan fingerprint density at radius 3 is 2.41 bits per heavy atom. The van der Waals surface area contributed by atoms with Gasteiger partial charge in [-0.3, -0.25) is 9.59 Å². The van der Waals surface area contributed by atoms with E-state index in [0.29, 0.717) is 23.0 Å². The van der Waals surface area contributed by atoms with Crippen LogP contribution in [0.25, 0.3) is 0 Å².